The van der Waals surface area contributed by atoms with Crippen molar-refractivity contribution in [2.24, 2.45) is 5.92 Å². The number of carbonyl (C=O) groups is 2. The summed E-state index contributed by atoms with van der Waals surface area (Å²) in [7, 11) is 3.10. The zero-order chi connectivity index (χ0) is 18.2. The third-order valence-electron chi connectivity index (χ3n) is 3.71. The number of hydrogen-bond acceptors (Lipinski definition) is 5. The number of para-hydroxylation sites is 1. The number of urea groups is 1. The Balaban J connectivity index is 2.18. The van der Waals surface area contributed by atoms with E-state index in [-0.39, 0.29) is 6.61 Å². The van der Waals surface area contributed by atoms with Gasteiger partial charge in [0.25, 0.3) is 0 Å². The zero-order valence-corrected chi connectivity index (χ0v) is 14.3. The van der Waals surface area contributed by atoms with Crippen molar-refractivity contribution >= 4 is 18.1 Å². The Bertz CT molecular complexity index is 671. The summed E-state index contributed by atoms with van der Waals surface area (Å²) < 4.78 is 15.3. The highest BCUT2D eigenvalue weighted by molar-refractivity contribution is 5.85. The monoisotopic (exact) mass is 346 g/mol. The molecule has 1 aromatic carbocycles. The first-order valence-corrected chi connectivity index (χ1v) is 7.80. The SMILES string of the molecule is C=C1NC(=O)N[C@@H](/C=C/c2ccccc2OC)[C@@H]1C(=O)OCCOC. The number of nitrogens with one attached hydrogen (secondary N) is 2. The number of amides is 2. The van der Waals surface area contributed by atoms with Gasteiger partial charge in [0, 0.05) is 18.4 Å². The molecule has 0 unspecified atom stereocenters. The Morgan fingerprint density at radius 2 is 2.04 bits per heavy atom. The molecular weight excluding hydrogens is 324 g/mol. The van der Waals surface area contributed by atoms with Gasteiger partial charge in [-0.1, -0.05) is 36.9 Å². The summed E-state index contributed by atoms with van der Waals surface area (Å²) >= 11 is 0. The van der Waals surface area contributed by atoms with E-state index in [1.165, 1.54) is 7.11 Å². The maximum Gasteiger partial charge on any atom is 0.319 e. The average Bonchev–Trinajstić information content (AvgIpc) is 2.59. The lowest BCUT2D eigenvalue weighted by atomic mass is 9.93. The van der Waals surface area contributed by atoms with Gasteiger partial charge >= 0.3 is 12.0 Å². The van der Waals surface area contributed by atoms with Crippen LogP contribution in [-0.2, 0) is 14.3 Å². The van der Waals surface area contributed by atoms with Crippen molar-refractivity contribution in [1.29, 1.82) is 0 Å². The van der Waals surface area contributed by atoms with Crippen molar-refractivity contribution in [3.8, 4) is 5.75 Å². The van der Waals surface area contributed by atoms with E-state index in [1.54, 1.807) is 19.3 Å². The molecule has 7 heteroatoms. The molecule has 0 saturated carbocycles. The van der Waals surface area contributed by atoms with Gasteiger partial charge in [0.15, 0.2) is 0 Å². The Hall–Kier alpha value is -2.80. The van der Waals surface area contributed by atoms with Crippen LogP contribution in [0.1, 0.15) is 5.56 Å². The summed E-state index contributed by atoms with van der Waals surface area (Å²) in [5.41, 5.74) is 1.12. The molecule has 1 saturated heterocycles. The van der Waals surface area contributed by atoms with Crippen molar-refractivity contribution in [2.45, 2.75) is 6.04 Å². The number of benzene rings is 1. The van der Waals surface area contributed by atoms with E-state index in [0.717, 1.165) is 5.56 Å². The van der Waals surface area contributed by atoms with E-state index in [4.69, 9.17) is 14.2 Å². The zero-order valence-electron chi connectivity index (χ0n) is 14.3. The first-order chi connectivity index (χ1) is 12.1. The number of ether oxygens (including phenoxy) is 3. The molecule has 1 fully saturated rings. The van der Waals surface area contributed by atoms with Crippen LogP contribution in [0.3, 0.4) is 0 Å². The van der Waals surface area contributed by atoms with Gasteiger partial charge in [-0.25, -0.2) is 4.79 Å². The largest absolute Gasteiger partial charge is 0.496 e. The number of methoxy groups -OCH3 is 2. The maximum atomic E-state index is 12.3. The minimum Gasteiger partial charge on any atom is -0.496 e. The molecule has 0 aromatic heterocycles. The summed E-state index contributed by atoms with van der Waals surface area (Å²) in [4.78, 5) is 24.1. The van der Waals surface area contributed by atoms with Crippen LogP contribution in [0.15, 0.2) is 42.6 Å². The molecule has 0 aliphatic carbocycles. The smallest absolute Gasteiger partial charge is 0.319 e. The third-order valence-corrected chi connectivity index (χ3v) is 3.71. The van der Waals surface area contributed by atoms with Crippen molar-refractivity contribution in [3.63, 3.8) is 0 Å². The molecule has 1 heterocycles. The topological polar surface area (TPSA) is 85.9 Å². The lowest BCUT2D eigenvalue weighted by molar-refractivity contribution is -0.149. The predicted octanol–water partition coefficient (Wildman–Crippen LogP) is 1.71. The van der Waals surface area contributed by atoms with Gasteiger partial charge in [-0.15, -0.1) is 0 Å². The Morgan fingerprint density at radius 1 is 1.28 bits per heavy atom. The number of carbonyl (C=O) groups excluding carboxylic acids is 2. The van der Waals surface area contributed by atoms with Gasteiger partial charge in [0.05, 0.1) is 19.8 Å². The van der Waals surface area contributed by atoms with Crippen molar-refractivity contribution < 1.29 is 23.8 Å². The lowest BCUT2D eigenvalue weighted by Crippen LogP contribution is -2.55. The van der Waals surface area contributed by atoms with Crippen LogP contribution in [0.25, 0.3) is 6.08 Å². The van der Waals surface area contributed by atoms with E-state index in [9.17, 15) is 9.59 Å². The summed E-state index contributed by atoms with van der Waals surface area (Å²) in [5, 5.41) is 5.22. The molecule has 1 aliphatic rings. The van der Waals surface area contributed by atoms with Crippen molar-refractivity contribution in [1.82, 2.24) is 10.6 Å². The molecule has 134 valence electrons. The molecule has 2 atom stereocenters. The van der Waals surface area contributed by atoms with Crippen LogP contribution in [0.5, 0.6) is 5.75 Å². The molecule has 25 heavy (non-hydrogen) atoms. The molecule has 2 amide bonds. The summed E-state index contributed by atoms with van der Waals surface area (Å²) in [6, 6.07) is 6.44. The summed E-state index contributed by atoms with van der Waals surface area (Å²) in [6.07, 6.45) is 3.52. The highest BCUT2D eigenvalue weighted by atomic mass is 16.6. The van der Waals surface area contributed by atoms with E-state index in [0.29, 0.717) is 18.1 Å². The molecule has 0 bridgehead atoms. The molecular formula is C18H22N2O5. The van der Waals surface area contributed by atoms with Crippen molar-refractivity contribution in [2.75, 3.05) is 27.4 Å². The lowest BCUT2D eigenvalue weighted by Gasteiger charge is -2.31. The summed E-state index contributed by atoms with van der Waals surface area (Å²) in [6.45, 7) is 4.20. The van der Waals surface area contributed by atoms with Gasteiger partial charge in [-0.05, 0) is 6.07 Å². The standard InChI is InChI=1S/C18H22N2O5/c1-12-16(17(21)25-11-10-23-2)14(20-18(22)19-12)9-8-13-6-4-5-7-15(13)24-3/h4-9,14,16H,1,10-11H2,2-3H3,(H2,19,20,22)/b9-8+/t14-,16+/m0/s1. The van der Waals surface area contributed by atoms with Crippen molar-refractivity contribution in [3.05, 3.63) is 48.2 Å². The van der Waals surface area contributed by atoms with Gasteiger partial charge < -0.3 is 24.8 Å². The molecule has 2 N–H and O–H groups in total. The highest BCUT2D eigenvalue weighted by Gasteiger charge is 2.36. The molecule has 1 aromatic rings. The molecule has 0 spiro atoms. The fourth-order valence-corrected chi connectivity index (χ4v) is 2.49. The second-order valence-corrected chi connectivity index (χ2v) is 5.39. The van der Waals surface area contributed by atoms with E-state index < -0.39 is 24.0 Å². The van der Waals surface area contributed by atoms with Gasteiger partial charge in [0.1, 0.15) is 18.3 Å². The quantitative estimate of drug-likeness (QED) is 0.580. The number of hydrogen-bond donors (Lipinski definition) is 2. The van der Waals surface area contributed by atoms with E-state index >= 15 is 0 Å². The van der Waals surface area contributed by atoms with Crippen LogP contribution in [0.4, 0.5) is 4.79 Å². The minimum atomic E-state index is -0.736. The average molecular weight is 346 g/mol. The first kappa shape index (κ1) is 18.5. The van der Waals surface area contributed by atoms with Crippen LogP contribution < -0.4 is 15.4 Å². The van der Waals surface area contributed by atoms with Crippen LogP contribution in [-0.4, -0.2) is 45.5 Å². The van der Waals surface area contributed by atoms with Crippen LogP contribution >= 0.6 is 0 Å². The van der Waals surface area contributed by atoms with Gasteiger partial charge in [-0.3, -0.25) is 4.79 Å². The molecule has 7 nitrogen and oxygen atoms in total. The molecule has 1 aliphatic heterocycles. The minimum absolute atomic E-state index is 0.135. The molecule has 0 radical (unpaired) electrons. The fourth-order valence-electron chi connectivity index (χ4n) is 2.49. The second-order valence-electron chi connectivity index (χ2n) is 5.39. The Kier molecular flexibility index (Phi) is 6.59. The molecule has 2 rings (SSSR count). The normalized spacial score (nSPS) is 20.1. The van der Waals surface area contributed by atoms with Gasteiger partial charge in [0.2, 0.25) is 0 Å². The van der Waals surface area contributed by atoms with E-state index in [2.05, 4.69) is 17.2 Å². The Morgan fingerprint density at radius 3 is 2.76 bits per heavy atom. The Labute approximate surface area is 146 Å². The predicted molar refractivity (Wildman–Crippen MR) is 92.9 cm³/mol. The third kappa shape index (κ3) is 4.84. The maximum absolute atomic E-state index is 12.3. The second kappa shape index (κ2) is 8.89. The first-order valence-electron chi connectivity index (χ1n) is 7.80. The summed E-state index contributed by atoms with van der Waals surface area (Å²) in [5.74, 6) is -0.526. The number of rotatable bonds is 7. The fraction of sp³-hybridized carbons (Fsp3) is 0.333. The van der Waals surface area contributed by atoms with Crippen LogP contribution in [0.2, 0.25) is 0 Å². The van der Waals surface area contributed by atoms with Crippen LogP contribution in [0, 0.1) is 5.92 Å². The highest BCUT2D eigenvalue weighted by Crippen LogP contribution is 2.23. The number of esters is 1. The van der Waals surface area contributed by atoms with Gasteiger partial charge in [-0.2, -0.15) is 0 Å². The van der Waals surface area contributed by atoms with E-state index in [1.807, 2.05) is 24.3 Å².